The Morgan fingerprint density at radius 1 is 1.07 bits per heavy atom. The Kier molecular flexibility index (Phi) is 7.08. The Labute approximate surface area is 158 Å². The van der Waals surface area contributed by atoms with Crippen molar-refractivity contribution in [3.8, 4) is 0 Å². The standard InChI is InChI=1S/C16H18F5N5S/c1-25(2)6-3-5-22-16(27)23-10-4-7-26(24-10)8-9-11(17)13(19)15(21)14(20)12(9)18/h4,7H,3,5-6,8H2,1-2H3,(H2,22,23,24,27). The molecule has 0 aliphatic heterocycles. The van der Waals surface area contributed by atoms with Crippen LogP contribution in [0.25, 0.3) is 0 Å². The highest BCUT2D eigenvalue weighted by molar-refractivity contribution is 7.80. The molecule has 5 nitrogen and oxygen atoms in total. The van der Waals surface area contributed by atoms with Crippen LogP contribution >= 0.6 is 12.2 Å². The highest BCUT2D eigenvalue weighted by Crippen LogP contribution is 2.23. The molecule has 1 heterocycles. The lowest BCUT2D eigenvalue weighted by Gasteiger charge is -2.11. The molecule has 1 aromatic heterocycles. The summed E-state index contributed by atoms with van der Waals surface area (Å²) in [6, 6.07) is 1.46. The molecule has 148 valence electrons. The van der Waals surface area contributed by atoms with E-state index in [0.717, 1.165) is 17.6 Å². The van der Waals surface area contributed by atoms with Gasteiger partial charge in [-0.25, -0.2) is 22.0 Å². The third kappa shape index (κ3) is 5.36. The van der Waals surface area contributed by atoms with Crippen LogP contribution in [0.5, 0.6) is 0 Å². The van der Waals surface area contributed by atoms with E-state index in [9.17, 15) is 22.0 Å². The Balaban J connectivity index is 2.00. The predicted octanol–water partition coefficient (Wildman–Crippen LogP) is 2.87. The second-order valence-electron chi connectivity index (χ2n) is 5.98. The first kappa shape index (κ1) is 21.0. The molecule has 2 aromatic rings. The Bertz CT molecular complexity index is 795. The maximum Gasteiger partial charge on any atom is 0.200 e. The summed E-state index contributed by atoms with van der Waals surface area (Å²) in [7, 11) is 3.90. The molecule has 0 saturated carbocycles. The molecule has 1 aromatic carbocycles. The third-order valence-electron chi connectivity index (χ3n) is 3.57. The zero-order chi connectivity index (χ0) is 20.1. The Morgan fingerprint density at radius 3 is 2.26 bits per heavy atom. The summed E-state index contributed by atoms with van der Waals surface area (Å²) in [5.74, 6) is -9.66. The summed E-state index contributed by atoms with van der Waals surface area (Å²) in [6.45, 7) is 0.887. The van der Waals surface area contributed by atoms with E-state index in [0.29, 0.717) is 11.7 Å². The van der Waals surface area contributed by atoms with E-state index in [-0.39, 0.29) is 5.82 Å². The molecule has 27 heavy (non-hydrogen) atoms. The van der Waals surface area contributed by atoms with Crippen molar-refractivity contribution in [1.29, 1.82) is 0 Å². The summed E-state index contributed by atoms with van der Waals surface area (Å²) in [5.41, 5.74) is -0.967. The van der Waals surface area contributed by atoms with Crippen LogP contribution in [-0.2, 0) is 6.54 Å². The Morgan fingerprint density at radius 2 is 1.67 bits per heavy atom. The lowest BCUT2D eigenvalue weighted by Crippen LogP contribution is -2.31. The largest absolute Gasteiger partial charge is 0.362 e. The van der Waals surface area contributed by atoms with Crippen LogP contribution in [0.15, 0.2) is 12.3 Å². The van der Waals surface area contributed by atoms with Crippen LogP contribution in [0.3, 0.4) is 0 Å². The first-order chi connectivity index (χ1) is 12.7. The number of hydrogen-bond donors (Lipinski definition) is 2. The molecule has 0 spiro atoms. The zero-order valence-electron chi connectivity index (χ0n) is 14.6. The van der Waals surface area contributed by atoms with Crippen LogP contribution in [0.1, 0.15) is 12.0 Å². The van der Waals surface area contributed by atoms with Crippen molar-refractivity contribution in [1.82, 2.24) is 20.0 Å². The third-order valence-corrected chi connectivity index (χ3v) is 3.82. The summed E-state index contributed by atoms with van der Waals surface area (Å²) in [6.07, 6.45) is 2.19. The summed E-state index contributed by atoms with van der Waals surface area (Å²) >= 11 is 5.10. The number of aromatic nitrogens is 2. The number of halogens is 5. The van der Waals surface area contributed by atoms with Gasteiger partial charge < -0.3 is 15.5 Å². The smallest absolute Gasteiger partial charge is 0.200 e. The van der Waals surface area contributed by atoms with Crippen molar-refractivity contribution in [2.24, 2.45) is 0 Å². The number of rotatable bonds is 7. The molecule has 11 heteroatoms. The van der Waals surface area contributed by atoms with Gasteiger partial charge in [-0.3, -0.25) is 4.68 Å². The van der Waals surface area contributed by atoms with Crippen LogP contribution in [0.2, 0.25) is 0 Å². The van der Waals surface area contributed by atoms with Gasteiger partial charge in [0.1, 0.15) is 0 Å². The molecule has 0 saturated heterocycles. The molecule has 0 atom stereocenters. The maximum absolute atomic E-state index is 13.7. The number of benzene rings is 1. The van der Waals surface area contributed by atoms with Gasteiger partial charge in [-0.05, 0) is 39.3 Å². The molecule has 0 amide bonds. The molecule has 0 radical (unpaired) electrons. The van der Waals surface area contributed by atoms with Gasteiger partial charge in [0, 0.05) is 18.8 Å². The fourth-order valence-corrected chi connectivity index (χ4v) is 2.43. The van der Waals surface area contributed by atoms with E-state index in [4.69, 9.17) is 12.2 Å². The lowest BCUT2D eigenvalue weighted by atomic mass is 10.1. The minimum Gasteiger partial charge on any atom is -0.362 e. The first-order valence-electron chi connectivity index (χ1n) is 7.94. The number of hydrogen-bond acceptors (Lipinski definition) is 3. The SMILES string of the molecule is CN(C)CCCNC(=S)Nc1ccn(Cc2c(F)c(F)c(F)c(F)c2F)n1. The van der Waals surface area contributed by atoms with Crippen molar-refractivity contribution < 1.29 is 22.0 Å². The number of anilines is 1. The van der Waals surface area contributed by atoms with Gasteiger partial charge in [0.15, 0.2) is 34.2 Å². The van der Waals surface area contributed by atoms with Crippen LogP contribution in [-0.4, -0.2) is 47.0 Å². The minimum atomic E-state index is -2.19. The van der Waals surface area contributed by atoms with Gasteiger partial charge in [-0.1, -0.05) is 0 Å². The fourth-order valence-electron chi connectivity index (χ4n) is 2.23. The molecule has 2 N–H and O–H groups in total. The average molecular weight is 407 g/mol. The number of nitrogens with zero attached hydrogens (tertiary/aromatic N) is 3. The van der Waals surface area contributed by atoms with Crippen LogP contribution in [0, 0.1) is 29.1 Å². The topological polar surface area (TPSA) is 45.1 Å². The lowest BCUT2D eigenvalue weighted by molar-refractivity contribution is 0.367. The van der Waals surface area contributed by atoms with Gasteiger partial charge in [0.25, 0.3) is 0 Å². The zero-order valence-corrected chi connectivity index (χ0v) is 15.4. The van der Waals surface area contributed by atoms with E-state index in [1.807, 2.05) is 19.0 Å². The van der Waals surface area contributed by atoms with Crippen molar-refractivity contribution in [3.05, 3.63) is 46.9 Å². The number of thiocarbonyl (C=S) groups is 1. The molecule has 0 aliphatic rings. The molecule has 0 unspecified atom stereocenters. The Hall–Kier alpha value is -2.27. The molecular formula is C16H18F5N5S. The highest BCUT2D eigenvalue weighted by Gasteiger charge is 2.25. The average Bonchev–Trinajstić information content (AvgIpc) is 3.06. The monoisotopic (exact) mass is 407 g/mol. The molecule has 0 fully saturated rings. The van der Waals surface area contributed by atoms with Crippen LogP contribution < -0.4 is 10.6 Å². The predicted molar refractivity (Wildman–Crippen MR) is 95.0 cm³/mol. The second kappa shape index (κ2) is 9.09. The highest BCUT2D eigenvalue weighted by atomic mass is 32.1. The number of nitrogens with one attached hydrogen (secondary N) is 2. The van der Waals surface area contributed by atoms with Gasteiger partial charge in [0.05, 0.1) is 12.1 Å². The quantitative estimate of drug-likeness (QED) is 0.243. The second-order valence-corrected chi connectivity index (χ2v) is 6.39. The summed E-state index contributed by atoms with van der Waals surface area (Å²) < 4.78 is 68.1. The van der Waals surface area contributed by atoms with E-state index in [1.165, 1.54) is 12.3 Å². The van der Waals surface area contributed by atoms with E-state index in [1.54, 1.807) is 0 Å². The molecule has 0 bridgehead atoms. The summed E-state index contributed by atoms with van der Waals surface area (Å²) in [5, 5.41) is 10.0. The van der Waals surface area contributed by atoms with Crippen LogP contribution in [0.4, 0.5) is 27.8 Å². The normalized spacial score (nSPS) is 11.1. The van der Waals surface area contributed by atoms with Gasteiger partial charge in [-0.2, -0.15) is 5.10 Å². The molecular weight excluding hydrogens is 389 g/mol. The van der Waals surface area contributed by atoms with E-state index < -0.39 is 41.2 Å². The van der Waals surface area contributed by atoms with Gasteiger partial charge >= 0.3 is 0 Å². The van der Waals surface area contributed by atoms with Gasteiger partial charge in [0.2, 0.25) is 5.82 Å². The fraction of sp³-hybridized carbons (Fsp3) is 0.375. The van der Waals surface area contributed by atoms with Crippen molar-refractivity contribution >= 4 is 23.1 Å². The van der Waals surface area contributed by atoms with Crippen molar-refractivity contribution in [3.63, 3.8) is 0 Å². The van der Waals surface area contributed by atoms with Crippen molar-refractivity contribution in [2.45, 2.75) is 13.0 Å². The first-order valence-corrected chi connectivity index (χ1v) is 8.35. The van der Waals surface area contributed by atoms with Gasteiger partial charge in [-0.15, -0.1) is 0 Å². The minimum absolute atomic E-state index is 0.268. The molecule has 2 rings (SSSR count). The summed E-state index contributed by atoms with van der Waals surface area (Å²) in [4.78, 5) is 2.03. The maximum atomic E-state index is 13.7. The molecule has 0 aliphatic carbocycles. The van der Waals surface area contributed by atoms with E-state index in [2.05, 4.69) is 15.7 Å². The van der Waals surface area contributed by atoms with Crippen molar-refractivity contribution in [2.75, 3.05) is 32.5 Å². The van der Waals surface area contributed by atoms with E-state index >= 15 is 0 Å².